The molecule has 2 heteroatoms. The fraction of sp³-hybridized carbons (Fsp3) is 0.278. The molecule has 0 aliphatic rings. The van der Waals surface area contributed by atoms with Gasteiger partial charge >= 0.3 is 0 Å². The monoisotopic (exact) mass is 268 g/mol. The number of ether oxygens (including phenoxy) is 1. The van der Waals surface area contributed by atoms with Crippen molar-refractivity contribution in [3.05, 3.63) is 53.6 Å². The van der Waals surface area contributed by atoms with Crippen molar-refractivity contribution < 1.29 is 9.53 Å². The van der Waals surface area contributed by atoms with Crippen LogP contribution >= 0.6 is 0 Å². The average Bonchev–Trinajstić information content (AvgIpc) is 2.47. The molecule has 0 aliphatic carbocycles. The van der Waals surface area contributed by atoms with E-state index in [1.54, 1.807) is 13.2 Å². The van der Waals surface area contributed by atoms with E-state index in [1.165, 1.54) is 5.56 Å². The molecule has 104 valence electrons. The number of aldehydes is 1. The molecule has 2 nitrogen and oxygen atoms in total. The summed E-state index contributed by atoms with van der Waals surface area (Å²) in [5, 5.41) is 0. The van der Waals surface area contributed by atoms with Crippen LogP contribution in [0.15, 0.2) is 42.5 Å². The molecule has 0 aliphatic heterocycles. The standard InChI is InChI=1S/C18H20O2/c1-13(2)10-14-4-6-15(7-5-14)18-9-8-17(20-3)11-16(18)12-19/h4-9,11-13H,10H2,1-3H3. The smallest absolute Gasteiger partial charge is 0.150 e. The minimum atomic E-state index is 0.646. The largest absolute Gasteiger partial charge is 0.497 e. The van der Waals surface area contributed by atoms with Crippen LogP contribution in [0.1, 0.15) is 29.8 Å². The highest BCUT2D eigenvalue weighted by molar-refractivity contribution is 5.88. The Balaban J connectivity index is 2.33. The normalized spacial score (nSPS) is 10.6. The lowest BCUT2D eigenvalue weighted by Gasteiger charge is -2.09. The van der Waals surface area contributed by atoms with Gasteiger partial charge in [-0.3, -0.25) is 4.79 Å². The molecule has 2 aromatic rings. The second kappa shape index (κ2) is 6.38. The summed E-state index contributed by atoms with van der Waals surface area (Å²) in [5.41, 5.74) is 3.98. The lowest BCUT2D eigenvalue weighted by atomic mass is 9.96. The van der Waals surface area contributed by atoms with E-state index >= 15 is 0 Å². The van der Waals surface area contributed by atoms with Gasteiger partial charge in [-0.05, 0) is 47.2 Å². The molecule has 0 saturated heterocycles. The van der Waals surface area contributed by atoms with Crippen LogP contribution in [-0.2, 0) is 6.42 Å². The topological polar surface area (TPSA) is 26.3 Å². The summed E-state index contributed by atoms with van der Waals surface area (Å²) in [5.74, 6) is 1.35. The molecule has 0 radical (unpaired) electrons. The first kappa shape index (κ1) is 14.3. The zero-order valence-corrected chi connectivity index (χ0v) is 12.2. The molecule has 0 unspecified atom stereocenters. The van der Waals surface area contributed by atoms with E-state index in [9.17, 15) is 4.79 Å². The third-order valence-corrected chi connectivity index (χ3v) is 3.29. The molecule has 0 N–H and O–H groups in total. The van der Waals surface area contributed by atoms with Crippen LogP contribution in [0.3, 0.4) is 0 Å². The Morgan fingerprint density at radius 3 is 2.35 bits per heavy atom. The Morgan fingerprint density at radius 1 is 1.10 bits per heavy atom. The van der Waals surface area contributed by atoms with Gasteiger partial charge in [-0.1, -0.05) is 38.1 Å². The molecule has 2 aromatic carbocycles. The Bertz CT molecular complexity index is 583. The van der Waals surface area contributed by atoms with Gasteiger partial charge in [0, 0.05) is 5.56 Å². The summed E-state index contributed by atoms with van der Waals surface area (Å²) in [4.78, 5) is 11.2. The molecule has 0 atom stereocenters. The zero-order chi connectivity index (χ0) is 14.5. The Hall–Kier alpha value is -2.09. The molecule has 20 heavy (non-hydrogen) atoms. The zero-order valence-electron chi connectivity index (χ0n) is 12.2. The van der Waals surface area contributed by atoms with Gasteiger partial charge in [-0.2, -0.15) is 0 Å². The minimum Gasteiger partial charge on any atom is -0.497 e. The number of rotatable bonds is 5. The molecule has 0 heterocycles. The second-order valence-corrected chi connectivity index (χ2v) is 5.37. The molecular weight excluding hydrogens is 248 g/mol. The number of carbonyl (C=O) groups is 1. The SMILES string of the molecule is COc1ccc(-c2ccc(CC(C)C)cc2)c(C=O)c1. The maximum atomic E-state index is 11.2. The highest BCUT2D eigenvalue weighted by Gasteiger charge is 2.06. The number of hydrogen-bond donors (Lipinski definition) is 0. The van der Waals surface area contributed by atoms with Gasteiger partial charge in [-0.25, -0.2) is 0 Å². The van der Waals surface area contributed by atoms with Crippen molar-refractivity contribution in [3.63, 3.8) is 0 Å². The van der Waals surface area contributed by atoms with Crippen molar-refractivity contribution in [1.29, 1.82) is 0 Å². The summed E-state index contributed by atoms with van der Waals surface area (Å²) < 4.78 is 5.15. The number of hydrogen-bond acceptors (Lipinski definition) is 2. The second-order valence-electron chi connectivity index (χ2n) is 5.37. The van der Waals surface area contributed by atoms with Crippen molar-refractivity contribution in [2.45, 2.75) is 20.3 Å². The third kappa shape index (κ3) is 3.27. The van der Waals surface area contributed by atoms with Crippen LogP contribution in [0.25, 0.3) is 11.1 Å². The molecule has 0 fully saturated rings. The van der Waals surface area contributed by atoms with Gasteiger partial charge in [0.05, 0.1) is 7.11 Å². The van der Waals surface area contributed by atoms with Gasteiger partial charge in [0.2, 0.25) is 0 Å². The molecule has 0 spiro atoms. The van der Waals surface area contributed by atoms with E-state index in [4.69, 9.17) is 4.74 Å². The highest BCUT2D eigenvalue weighted by Crippen LogP contribution is 2.27. The van der Waals surface area contributed by atoms with Crippen molar-refractivity contribution in [2.24, 2.45) is 5.92 Å². The van der Waals surface area contributed by atoms with Gasteiger partial charge in [0.1, 0.15) is 5.75 Å². The van der Waals surface area contributed by atoms with Crippen LogP contribution in [0.2, 0.25) is 0 Å². The van der Waals surface area contributed by atoms with Gasteiger partial charge < -0.3 is 4.74 Å². The fourth-order valence-electron chi connectivity index (χ4n) is 2.32. The lowest BCUT2D eigenvalue weighted by Crippen LogP contribution is -1.94. The van der Waals surface area contributed by atoms with E-state index in [1.807, 2.05) is 12.1 Å². The van der Waals surface area contributed by atoms with Gasteiger partial charge in [0.15, 0.2) is 6.29 Å². The predicted molar refractivity (Wildman–Crippen MR) is 82.4 cm³/mol. The number of carbonyl (C=O) groups excluding carboxylic acids is 1. The van der Waals surface area contributed by atoms with Crippen LogP contribution in [-0.4, -0.2) is 13.4 Å². The summed E-state index contributed by atoms with van der Waals surface area (Å²) >= 11 is 0. The summed E-state index contributed by atoms with van der Waals surface area (Å²) in [7, 11) is 1.60. The Labute approximate surface area is 120 Å². The predicted octanol–water partition coefficient (Wildman–Crippen LogP) is 4.37. The van der Waals surface area contributed by atoms with Crippen molar-refractivity contribution >= 4 is 6.29 Å². The fourth-order valence-corrected chi connectivity index (χ4v) is 2.32. The van der Waals surface area contributed by atoms with E-state index in [0.717, 1.165) is 23.8 Å². The molecule has 0 bridgehead atoms. The maximum absolute atomic E-state index is 11.2. The highest BCUT2D eigenvalue weighted by atomic mass is 16.5. The van der Waals surface area contributed by atoms with Gasteiger partial charge in [-0.15, -0.1) is 0 Å². The van der Waals surface area contributed by atoms with E-state index in [2.05, 4.69) is 38.1 Å². The third-order valence-electron chi connectivity index (χ3n) is 3.29. The molecule has 0 amide bonds. The Morgan fingerprint density at radius 2 is 1.80 bits per heavy atom. The lowest BCUT2D eigenvalue weighted by molar-refractivity contribution is 0.112. The minimum absolute atomic E-state index is 0.646. The average molecular weight is 268 g/mol. The van der Waals surface area contributed by atoms with Crippen LogP contribution in [0.4, 0.5) is 0 Å². The molecule has 0 saturated carbocycles. The molecule has 2 rings (SSSR count). The summed E-state index contributed by atoms with van der Waals surface area (Å²) in [6, 6.07) is 14.0. The summed E-state index contributed by atoms with van der Waals surface area (Å²) in [6.45, 7) is 4.42. The van der Waals surface area contributed by atoms with E-state index < -0.39 is 0 Å². The molecular formula is C18H20O2. The first-order valence-corrected chi connectivity index (χ1v) is 6.86. The van der Waals surface area contributed by atoms with Crippen LogP contribution < -0.4 is 4.74 Å². The van der Waals surface area contributed by atoms with Crippen molar-refractivity contribution in [2.75, 3.05) is 7.11 Å². The van der Waals surface area contributed by atoms with Crippen LogP contribution in [0.5, 0.6) is 5.75 Å². The van der Waals surface area contributed by atoms with Gasteiger partial charge in [0.25, 0.3) is 0 Å². The van der Waals surface area contributed by atoms with Crippen molar-refractivity contribution in [3.8, 4) is 16.9 Å². The van der Waals surface area contributed by atoms with Crippen molar-refractivity contribution in [1.82, 2.24) is 0 Å². The van der Waals surface area contributed by atoms with E-state index in [0.29, 0.717) is 17.2 Å². The quantitative estimate of drug-likeness (QED) is 0.752. The Kier molecular flexibility index (Phi) is 4.57. The first-order chi connectivity index (χ1) is 9.63. The van der Waals surface area contributed by atoms with E-state index in [-0.39, 0.29) is 0 Å². The maximum Gasteiger partial charge on any atom is 0.150 e. The molecule has 0 aromatic heterocycles. The first-order valence-electron chi connectivity index (χ1n) is 6.86. The van der Waals surface area contributed by atoms with Crippen LogP contribution in [0, 0.1) is 5.92 Å². The number of benzene rings is 2. The number of methoxy groups -OCH3 is 1. The summed E-state index contributed by atoms with van der Waals surface area (Å²) in [6.07, 6.45) is 1.95.